The average Bonchev–Trinajstić information content (AvgIpc) is 2.77. The SMILES string of the molecule is CC(=O)OC1COC2OC(C)(C)OC2C2OC(C)(C)OC12. The summed E-state index contributed by atoms with van der Waals surface area (Å²) in [7, 11) is 0. The van der Waals surface area contributed by atoms with Gasteiger partial charge in [0.05, 0.1) is 6.61 Å². The fourth-order valence-electron chi connectivity index (χ4n) is 3.07. The quantitative estimate of drug-likeness (QED) is 0.668. The summed E-state index contributed by atoms with van der Waals surface area (Å²) < 4.78 is 34.5. The molecule has 3 aliphatic heterocycles. The van der Waals surface area contributed by atoms with Crippen molar-refractivity contribution in [1.29, 1.82) is 0 Å². The number of ether oxygens (including phenoxy) is 6. The first-order valence-electron chi connectivity index (χ1n) is 7.17. The predicted molar refractivity (Wildman–Crippen MR) is 69.2 cm³/mol. The summed E-state index contributed by atoms with van der Waals surface area (Å²) in [5, 5.41) is 0. The van der Waals surface area contributed by atoms with E-state index < -0.39 is 42.3 Å². The lowest BCUT2D eigenvalue weighted by molar-refractivity contribution is -0.210. The Morgan fingerprint density at radius 2 is 1.52 bits per heavy atom. The van der Waals surface area contributed by atoms with E-state index in [1.807, 2.05) is 27.7 Å². The lowest BCUT2D eigenvalue weighted by atomic mass is 10.0. The highest BCUT2D eigenvalue weighted by atomic mass is 16.8. The van der Waals surface area contributed by atoms with Crippen molar-refractivity contribution >= 4 is 5.97 Å². The fraction of sp³-hybridized carbons (Fsp3) is 0.929. The fourth-order valence-corrected chi connectivity index (χ4v) is 3.07. The first kappa shape index (κ1) is 15.2. The molecule has 0 aromatic carbocycles. The minimum Gasteiger partial charge on any atom is -0.457 e. The van der Waals surface area contributed by atoms with Crippen LogP contribution in [-0.4, -0.2) is 54.9 Å². The van der Waals surface area contributed by atoms with Crippen molar-refractivity contribution in [3.63, 3.8) is 0 Å². The standard InChI is InChI=1S/C14H22O7/c1-7(15)17-8-6-16-12-11(20-14(4,5)21-12)10-9(8)18-13(2,3)19-10/h8-12H,6H2,1-5H3. The summed E-state index contributed by atoms with van der Waals surface area (Å²) >= 11 is 0. The summed E-state index contributed by atoms with van der Waals surface area (Å²) in [6, 6.07) is 0. The predicted octanol–water partition coefficient (Wildman–Crippen LogP) is 0.946. The van der Waals surface area contributed by atoms with Crippen LogP contribution in [0.5, 0.6) is 0 Å². The van der Waals surface area contributed by atoms with Gasteiger partial charge in [-0.25, -0.2) is 0 Å². The lowest BCUT2D eigenvalue weighted by Gasteiger charge is -2.25. The number of rotatable bonds is 1. The highest BCUT2D eigenvalue weighted by Crippen LogP contribution is 2.42. The van der Waals surface area contributed by atoms with Crippen molar-refractivity contribution in [1.82, 2.24) is 0 Å². The molecule has 21 heavy (non-hydrogen) atoms. The van der Waals surface area contributed by atoms with Crippen molar-refractivity contribution < 1.29 is 33.2 Å². The third-order valence-corrected chi connectivity index (χ3v) is 3.68. The summed E-state index contributed by atoms with van der Waals surface area (Å²) in [6.07, 6.45) is -2.40. The summed E-state index contributed by atoms with van der Waals surface area (Å²) in [5.41, 5.74) is 0. The van der Waals surface area contributed by atoms with Gasteiger partial charge in [0.15, 0.2) is 24.0 Å². The minimum atomic E-state index is -0.772. The van der Waals surface area contributed by atoms with Crippen LogP contribution in [0.25, 0.3) is 0 Å². The molecule has 0 N–H and O–H groups in total. The number of hydrogen-bond donors (Lipinski definition) is 0. The van der Waals surface area contributed by atoms with E-state index in [-0.39, 0.29) is 12.6 Å². The second kappa shape index (κ2) is 4.89. The Morgan fingerprint density at radius 3 is 2.19 bits per heavy atom. The molecule has 7 heteroatoms. The van der Waals surface area contributed by atoms with Gasteiger partial charge in [-0.2, -0.15) is 0 Å². The molecule has 3 fully saturated rings. The van der Waals surface area contributed by atoms with Crippen LogP contribution in [-0.2, 0) is 33.2 Å². The van der Waals surface area contributed by atoms with Gasteiger partial charge in [0.2, 0.25) is 0 Å². The van der Waals surface area contributed by atoms with Gasteiger partial charge in [-0.15, -0.1) is 0 Å². The Hall–Kier alpha value is -0.730. The van der Waals surface area contributed by atoms with Crippen LogP contribution in [0.3, 0.4) is 0 Å². The molecule has 0 amide bonds. The monoisotopic (exact) mass is 302 g/mol. The van der Waals surface area contributed by atoms with Crippen LogP contribution in [0.4, 0.5) is 0 Å². The molecule has 0 aromatic rings. The molecule has 0 spiro atoms. The Morgan fingerprint density at radius 1 is 0.952 bits per heavy atom. The Bertz CT molecular complexity index is 433. The number of esters is 1. The van der Waals surface area contributed by atoms with Crippen molar-refractivity contribution in [3.8, 4) is 0 Å². The maximum Gasteiger partial charge on any atom is 0.303 e. The largest absolute Gasteiger partial charge is 0.457 e. The number of fused-ring (bicyclic) bond motifs is 3. The molecular weight excluding hydrogens is 280 g/mol. The molecule has 0 bridgehead atoms. The van der Waals surface area contributed by atoms with E-state index in [0.717, 1.165) is 0 Å². The molecule has 0 saturated carbocycles. The normalized spacial score (nSPS) is 43.8. The average molecular weight is 302 g/mol. The zero-order valence-electron chi connectivity index (χ0n) is 13.0. The van der Waals surface area contributed by atoms with E-state index in [2.05, 4.69) is 0 Å². The van der Waals surface area contributed by atoms with Gasteiger partial charge < -0.3 is 28.4 Å². The van der Waals surface area contributed by atoms with Gasteiger partial charge in [-0.1, -0.05) is 0 Å². The minimum absolute atomic E-state index is 0.181. The van der Waals surface area contributed by atoms with E-state index in [1.165, 1.54) is 6.92 Å². The van der Waals surface area contributed by atoms with E-state index in [0.29, 0.717) is 0 Å². The van der Waals surface area contributed by atoms with Gasteiger partial charge in [0.25, 0.3) is 0 Å². The van der Waals surface area contributed by atoms with E-state index in [9.17, 15) is 4.79 Å². The van der Waals surface area contributed by atoms with Gasteiger partial charge >= 0.3 is 5.97 Å². The van der Waals surface area contributed by atoms with Crippen molar-refractivity contribution in [2.75, 3.05) is 6.61 Å². The second-order valence-electron chi connectivity index (χ2n) is 6.51. The number of carbonyl (C=O) groups excluding carboxylic acids is 1. The van der Waals surface area contributed by atoms with Crippen molar-refractivity contribution in [2.45, 2.75) is 76.9 Å². The summed E-state index contributed by atoms with van der Waals surface area (Å²) in [4.78, 5) is 11.3. The van der Waals surface area contributed by atoms with Crippen LogP contribution in [0.1, 0.15) is 34.6 Å². The Balaban J connectivity index is 1.86. The third kappa shape index (κ3) is 2.93. The van der Waals surface area contributed by atoms with E-state index in [4.69, 9.17) is 28.4 Å². The number of carbonyl (C=O) groups is 1. The van der Waals surface area contributed by atoms with Crippen LogP contribution in [0, 0.1) is 0 Å². The van der Waals surface area contributed by atoms with Crippen molar-refractivity contribution in [2.24, 2.45) is 0 Å². The van der Waals surface area contributed by atoms with Gasteiger partial charge in [-0.3, -0.25) is 4.79 Å². The molecule has 0 radical (unpaired) electrons. The molecule has 7 nitrogen and oxygen atoms in total. The molecule has 120 valence electrons. The molecule has 3 saturated heterocycles. The molecule has 5 atom stereocenters. The topological polar surface area (TPSA) is 72.5 Å². The molecule has 3 heterocycles. The highest BCUT2D eigenvalue weighted by molar-refractivity contribution is 5.66. The summed E-state index contributed by atoms with van der Waals surface area (Å²) in [6.45, 7) is 8.83. The van der Waals surface area contributed by atoms with Gasteiger partial charge in [0.1, 0.15) is 18.3 Å². The van der Waals surface area contributed by atoms with Gasteiger partial charge in [-0.05, 0) is 27.7 Å². The highest BCUT2D eigenvalue weighted by Gasteiger charge is 2.58. The molecule has 3 rings (SSSR count). The second-order valence-corrected chi connectivity index (χ2v) is 6.51. The van der Waals surface area contributed by atoms with Crippen LogP contribution < -0.4 is 0 Å². The molecule has 3 aliphatic rings. The van der Waals surface area contributed by atoms with E-state index >= 15 is 0 Å². The molecule has 5 unspecified atom stereocenters. The zero-order valence-corrected chi connectivity index (χ0v) is 13.0. The molecular formula is C14H22O7. The van der Waals surface area contributed by atoms with Gasteiger partial charge in [0, 0.05) is 6.92 Å². The van der Waals surface area contributed by atoms with Crippen LogP contribution in [0.15, 0.2) is 0 Å². The smallest absolute Gasteiger partial charge is 0.303 e. The molecule has 0 aliphatic carbocycles. The van der Waals surface area contributed by atoms with Crippen LogP contribution >= 0.6 is 0 Å². The third-order valence-electron chi connectivity index (χ3n) is 3.68. The van der Waals surface area contributed by atoms with E-state index in [1.54, 1.807) is 0 Å². The van der Waals surface area contributed by atoms with Crippen LogP contribution in [0.2, 0.25) is 0 Å². The lowest BCUT2D eigenvalue weighted by Crippen LogP contribution is -2.45. The Labute approximate surface area is 123 Å². The maximum atomic E-state index is 11.3. The summed E-state index contributed by atoms with van der Waals surface area (Å²) in [5.74, 6) is -1.90. The Kier molecular flexibility index (Phi) is 3.53. The maximum absolute atomic E-state index is 11.3. The first-order chi connectivity index (χ1) is 9.67. The first-order valence-corrected chi connectivity index (χ1v) is 7.17. The molecule has 0 aromatic heterocycles. The number of hydrogen-bond acceptors (Lipinski definition) is 7. The van der Waals surface area contributed by atoms with Crippen molar-refractivity contribution in [3.05, 3.63) is 0 Å². The zero-order chi connectivity index (χ0) is 15.4.